The van der Waals surface area contributed by atoms with Crippen LogP contribution >= 0.6 is 0 Å². The molecule has 0 aliphatic heterocycles. The van der Waals surface area contributed by atoms with Gasteiger partial charge in [0.05, 0.1) is 5.56 Å². The molecule has 0 saturated carbocycles. The SMILES string of the molecule is N#Cc1ccnc(C(=O)O)c1O. The lowest BCUT2D eigenvalue weighted by Crippen LogP contribution is -2.01. The van der Waals surface area contributed by atoms with Crippen LogP contribution in [0.15, 0.2) is 12.3 Å². The molecule has 1 rings (SSSR count). The molecule has 0 radical (unpaired) electrons. The fourth-order valence-electron chi connectivity index (χ4n) is 0.701. The first-order valence-electron chi connectivity index (χ1n) is 2.98. The molecule has 0 aliphatic carbocycles. The molecule has 0 saturated heterocycles. The highest BCUT2D eigenvalue weighted by Crippen LogP contribution is 2.18. The summed E-state index contributed by atoms with van der Waals surface area (Å²) in [5.74, 6) is -1.95. The summed E-state index contributed by atoms with van der Waals surface area (Å²) in [4.78, 5) is 13.7. The Morgan fingerprint density at radius 1 is 1.67 bits per heavy atom. The van der Waals surface area contributed by atoms with E-state index < -0.39 is 17.4 Å². The molecule has 0 amide bonds. The molecular weight excluding hydrogens is 160 g/mol. The summed E-state index contributed by atoms with van der Waals surface area (Å²) < 4.78 is 0. The molecule has 0 bridgehead atoms. The van der Waals surface area contributed by atoms with Crippen molar-refractivity contribution in [2.24, 2.45) is 0 Å². The van der Waals surface area contributed by atoms with Crippen LogP contribution in [-0.2, 0) is 0 Å². The Labute approximate surface area is 67.5 Å². The van der Waals surface area contributed by atoms with Crippen molar-refractivity contribution in [3.05, 3.63) is 23.5 Å². The van der Waals surface area contributed by atoms with E-state index in [0.29, 0.717) is 0 Å². The van der Waals surface area contributed by atoms with E-state index in [1.54, 1.807) is 6.07 Å². The minimum absolute atomic E-state index is 0.0950. The summed E-state index contributed by atoms with van der Waals surface area (Å²) in [6.07, 6.45) is 1.15. The van der Waals surface area contributed by atoms with Gasteiger partial charge in [0.1, 0.15) is 6.07 Å². The lowest BCUT2D eigenvalue weighted by atomic mass is 10.2. The topological polar surface area (TPSA) is 94.2 Å². The highest BCUT2D eigenvalue weighted by Gasteiger charge is 2.13. The number of aromatic carboxylic acids is 1. The third kappa shape index (κ3) is 1.18. The van der Waals surface area contributed by atoms with Crippen molar-refractivity contribution >= 4 is 5.97 Å². The van der Waals surface area contributed by atoms with E-state index in [4.69, 9.17) is 15.5 Å². The third-order valence-electron chi connectivity index (χ3n) is 1.25. The largest absolute Gasteiger partial charge is 0.504 e. The number of carboxylic acid groups (broad SMARTS) is 1. The van der Waals surface area contributed by atoms with Crippen molar-refractivity contribution in [2.75, 3.05) is 0 Å². The first-order valence-corrected chi connectivity index (χ1v) is 2.98. The summed E-state index contributed by atoms with van der Waals surface area (Å²) in [5.41, 5.74) is -0.601. The first kappa shape index (κ1) is 8.01. The standard InChI is InChI=1S/C7H4N2O3/c8-3-4-1-2-9-5(6(4)10)7(11)12/h1-2,10H,(H,11,12). The number of nitriles is 1. The Bertz CT molecular complexity index is 367. The van der Waals surface area contributed by atoms with Crippen molar-refractivity contribution in [3.63, 3.8) is 0 Å². The van der Waals surface area contributed by atoms with E-state index in [2.05, 4.69) is 4.98 Å². The van der Waals surface area contributed by atoms with Crippen LogP contribution in [0.3, 0.4) is 0 Å². The predicted molar refractivity (Wildman–Crippen MR) is 37.6 cm³/mol. The van der Waals surface area contributed by atoms with Crippen LogP contribution in [0.4, 0.5) is 0 Å². The number of hydrogen-bond acceptors (Lipinski definition) is 4. The van der Waals surface area contributed by atoms with E-state index in [9.17, 15) is 4.79 Å². The minimum Gasteiger partial charge on any atom is -0.504 e. The second-order valence-electron chi connectivity index (χ2n) is 1.97. The average molecular weight is 164 g/mol. The molecule has 0 spiro atoms. The fourth-order valence-corrected chi connectivity index (χ4v) is 0.701. The van der Waals surface area contributed by atoms with Gasteiger partial charge in [0.25, 0.3) is 0 Å². The zero-order valence-electron chi connectivity index (χ0n) is 5.85. The molecule has 1 heterocycles. The lowest BCUT2D eigenvalue weighted by Gasteiger charge is -1.97. The monoisotopic (exact) mass is 164 g/mol. The Balaban J connectivity index is 3.35. The molecule has 60 valence electrons. The highest BCUT2D eigenvalue weighted by atomic mass is 16.4. The molecule has 0 aromatic carbocycles. The predicted octanol–water partition coefficient (Wildman–Crippen LogP) is 0.357. The van der Waals surface area contributed by atoms with E-state index in [-0.39, 0.29) is 5.56 Å². The van der Waals surface area contributed by atoms with Crippen molar-refractivity contribution < 1.29 is 15.0 Å². The third-order valence-corrected chi connectivity index (χ3v) is 1.25. The van der Waals surface area contributed by atoms with E-state index in [1.807, 2.05) is 0 Å². The van der Waals surface area contributed by atoms with Crippen LogP contribution in [0.1, 0.15) is 16.1 Å². The van der Waals surface area contributed by atoms with Gasteiger partial charge in [-0.1, -0.05) is 0 Å². The first-order chi connectivity index (χ1) is 5.66. The van der Waals surface area contributed by atoms with Crippen molar-refractivity contribution in [2.45, 2.75) is 0 Å². The zero-order chi connectivity index (χ0) is 9.14. The van der Waals surface area contributed by atoms with Gasteiger partial charge in [-0.25, -0.2) is 9.78 Å². The van der Waals surface area contributed by atoms with Gasteiger partial charge >= 0.3 is 5.97 Å². The number of pyridine rings is 1. The molecule has 12 heavy (non-hydrogen) atoms. The molecule has 0 atom stereocenters. The number of nitrogens with zero attached hydrogens (tertiary/aromatic N) is 2. The highest BCUT2D eigenvalue weighted by molar-refractivity contribution is 5.89. The molecule has 0 unspecified atom stereocenters. The lowest BCUT2D eigenvalue weighted by molar-refractivity contribution is 0.0687. The van der Waals surface area contributed by atoms with Gasteiger partial charge in [0, 0.05) is 6.20 Å². The molecule has 5 nitrogen and oxygen atoms in total. The zero-order valence-corrected chi connectivity index (χ0v) is 5.85. The van der Waals surface area contributed by atoms with Crippen LogP contribution in [0.2, 0.25) is 0 Å². The number of rotatable bonds is 1. The molecule has 5 heteroatoms. The molecule has 2 N–H and O–H groups in total. The second-order valence-corrected chi connectivity index (χ2v) is 1.97. The number of carbonyl (C=O) groups is 1. The van der Waals surface area contributed by atoms with Crippen molar-refractivity contribution in [1.82, 2.24) is 4.98 Å². The van der Waals surface area contributed by atoms with Crippen LogP contribution in [-0.4, -0.2) is 21.2 Å². The fraction of sp³-hybridized carbons (Fsp3) is 0. The van der Waals surface area contributed by atoms with Crippen LogP contribution in [0.25, 0.3) is 0 Å². The summed E-state index contributed by atoms with van der Waals surface area (Å²) in [5, 5.41) is 25.9. The van der Waals surface area contributed by atoms with Crippen molar-refractivity contribution in [3.8, 4) is 11.8 Å². The number of aromatic hydroxyl groups is 1. The van der Waals surface area contributed by atoms with Gasteiger partial charge in [0.2, 0.25) is 0 Å². The van der Waals surface area contributed by atoms with Gasteiger partial charge in [-0.2, -0.15) is 5.26 Å². The Hall–Kier alpha value is -2.09. The van der Waals surface area contributed by atoms with Crippen LogP contribution in [0.5, 0.6) is 5.75 Å². The van der Waals surface area contributed by atoms with Gasteiger partial charge in [-0.05, 0) is 6.07 Å². The maximum absolute atomic E-state index is 10.4. The van der Waals surface area contributed by atoms with E-state index >= 15 is 0 Å². The summed E-state index contributed by atoms with van der Waals surface area (Å²) in [6, 6.07) is 2.88. The minimum atomic E-state index is -1.36. The maximum Gasteiger partial charge on any atom is 0.358 e. The Morgan fingerprint density at radius 3 is 2.83 bits per heavy atom. The molecule has 1 aromatic rings. The van der Waals surface area contributed by atoms with Crippen molar-refractivity contribution in [1.29, 1.82) is 5.26 Å². The number of aromatic nitrogens is 1. The van der Waals surface area contributed by atoms with Gasteiger partial charge in [-0.3, -0.25) is 0 Å². The number of hydrogen-bond donors (Lipinski definition) is 2. The van der Waals surface area contributed by atoms with Crippen LogP contribution < -0.4 is 0 Å². The average Bonchev–Trinajstić information content (AvgIpc) is 2.04. The summed E-state index contributed by atoms with van der Waals surface area (Å²) in [6.45, 7) is 0. The summed E-state index contributed by atoms with van der Waals surface area (Å²) >= 11 is 0. The van der Waals surface area contributed by atoms with E-state index in [1.165, 1.54) is 6.07 Å². The smallest absolute Gasteiger partial charge is 0.358 e. The Kier molecular flexibility index (Phi) is 1.92. The molecule has 0 fully saturated rings. The second kappa shape index (κ2) is 2.88. The summed E-state index contributed by atoms with van der Waals surface area (Å²) in [7, 11) is 0. The van der Waals surface area contributed by atoms with E-state index in [0.717, 1.165) is 6.20 Å². The maximum atomic E-state index is 10.4. The van der Waals surface area contributed by atoms with Gasteiger partial charge < -0.3 is 10.2 Å². The quantitative estimate of drug-likeness (QED) is 0.624. The van der Waals surface area contributed by atoms with Gasteiger partial charge in [0.15, 0.2) is 11.4 Å². The van der Waals surface area contributed by atoms with Crippen LogP contribution in [0, 0.1) is 11.3 Å². The normalized spacial score (nSPS) is 8.92. The van der Waals surface area contributed by atoms with Gasteiger partial charge in [-0.15, -0.1) is 0 Å². The molecule has 0 aliphatic rings. The molecular formula is C7H4N2O3. The Morgan fingerprint density at radius 2 is 2.33 bits per heavy atom. The molecule has 1 aromatic heterocycles. The number of carboxylic acids is 1.